The van der Waals surface area contributed by atoms with E-state index in [0.717, 1.165) is 0 Å². The number of nitrogens with zero attached hydrogens (tertiary/aromatic N) is 1. The van der Waals surface area contributed by atoms with Crippen molar-refractivity contribution in [3.63, 3.8) is 0 Å². The molecule has 1 unspecified atom stereocenters. The summed E-state index contributed by atoms with van der Waals surface area (Å²) in [7, 11) is -3.55. The number of amides is 1. The van der Waals surface area contributed by atoms with Crippen LogP contribution in [0.1, 0.15) is 36.4 Å². The van der Waals surface area contributed by atoms with Crippen molar-refractivity contribution in [1.82, 2.24) is 4.90 Å². The Morgan fingerprint density at radius 2 is 1.96 bits per heavy atom. The number of sulfone groups is 1. The summed E-state index contributed by atoms with van der Waals surface area (Å²) >= 11 is 0. The van der Waals surface area contributed by atoms with E-state index in [1.54, 1.807) is 41.3 Å². The molecule has 1 aliphatic heterocycles. The van der Waals surface area contributed by atoms with E-state index in [-0.39, 0.29) is 33.8 Å². The normalized spacial score (nSPS) is 20.1. The second-order valence-corrected chi connectivity index (χ2v) is 9.45. The van der Waals surface area contributed by atoms with Crippen LogP contribution in [0, 0.1) is 5.41 Å². The Labute approximate surface area is 153 Å². The van der Waals surface area contributed by atoms with Gasteiger partial charge >= 0.3 is 0 Å². The summed E-state index contributed by atoms with van der Waals surface area (Å²) in [6.07, 6.45) is 2.07. The van der Waals surface area contributed by atoms with Gasteiger partial charge in [0, 0.05) is 24.7 Å². The van der Waals surface area contributed by atoms with Gasteiger partial charge < -0.3 is 15.1 Å². The molecular formula is C19H24N2O4S. The molecule has 3 rings (SSSR count). The highest BCUT2D eigenvalue weighted by atomic mass is 32.2. The van der Waals surface area contributed by atoms with Gasteiger partial charge in [-0.2, -0.15) is 0 Å². The number of benzene rings is 1. The maximum Gasteiger partial charge on any atom is 0.289 e. The van der Waals surface area contributed by atoms with Crippen LogP contribution >= 0.6 is 0 Å². The fourth-order valence-corrected chi connectivity index (χ4v) is 4.62. The summed E-state index contributed by atoms with van der Waals surface area (Å²) in [5.41, 5.74) is 6.31. The Bertz CT molecular complexity index is 887. The number of furan rings is 1. The molecule has 0 aliphatic carbocycles. The minimum absolute atomic E-state index is 0.0288. The first-order chi connectivity index (χ1) is 12.2. The number of piperidine rings is 1. The molecule has 6 nitrogen and oxygen atoms in total. The summed E-state index contributed by atoms with van der Waals surface area (Å²) in [4.78, 5) is 14.8. The lowest BCUT2D eigenvalue weighted by Crippen LogP contribution is -2.54. The van der Waals surface area contributed by atoms with Crippen molar-refractivity contribution in [2.75, 3.05) is 13.1 Å². The first-order valence-corrected chi connectivity index (χ1v) is 10.2. The van der Waals surface area contributed by atoms with E-state index in [0.29, 0.717) is 25.1 Å². The maximum absolute atomic E-state index is 12.9. The van der Waals surface area contributed by atoms with Gasteiger partial charge in [-0.1, -0.05) is 32.0 Å². The smallest absolute Gasteiger partial charge is 0.289 e. The first kappa shape index (κ1) is 18.7. The Balaban J connectivity index is 1.82. The van der Waals surface area contributed by atoms with Gasteiger partial charge in [-0.25, -0.2) is 8.42 Å². The number of carbonyl (C=O) groups excluding carboxylic acids is 1. The molecule has 7 heteroatoms. The molecule has 0 spiro atoms. The van der Waals surface area contributed by atoms with Gasteiger partial charge in [0.15, 0.2) is 15.6 Å². The van der Waals surface area contributed by atoms with Crippen LogP contribution in [0.25, 0.3) is 0 Å². The lowest BCUT2D eigenvalue weighted by molar-refractivity contribution is 0.0502. The molecule has 2 heterocycles. The molecule has 26 heavy (non-hydrogen) atoms. The lowest BCUT2D eigenvalue weighted by Gasteiger charge is -2.42. The zero-order valence-corrected chi connectivity index (χ0v) is 15.8. The van der Waals surface area contributed by atoms with Gasteiger partial charge in [-0.05, 0) is 30.0 Å². The highest BCUT2D eigenvalue weighted by molar-refractivity contribution is 7.90. The Morgan fingerprint density at radius 1 is 1.27 bits per heavy atom. The van der Waals surface area contributed by atoms with Gasteiger partial charge in [0.05, 0.1) is 16.9 Å². The van der Waals surface area contributed by atoms with Crippen molar-refractivity contribution < 1.29 is 17.6 Å². The fraction of sp³-hybridized carbons (Fsp3) is 0.421. The maximum atomic E-state index is 12.9. The van der Waals surface area contributed by atoms with Crippen molar-refractivity contribution in [2.45, 2.75) is 37.0 Å². The van der Waals surface area contributed by atoms with Crippen LogP contribution in [-0.2, 0) is 15.6 Å². The molecule has 1 amide bonds. The number of rotatable bonds is 4. The van der Waals surface area contributed by atoms with E-state index >= 15 is 0 Å². The summed E-state index contributed by atoms with van der Waals surface area (Å²) in [5, 5.41) is 0. The van der Waals surface area contributed by atoms with Crippen molar-refractivity contribution in [2.24, 2.45) is 11.1 Å². The van der Waals surface area contributed by atoms with Gasteiger partial charge in [0.2, 0.25) is 0 Å². The minimum Gasteiger partial charge on any atom is -0.459 e. The average Bonchev–Trinajstić information content (AvgIpc) is 3.04. The third-order valence-corrected chi connectivity index (χ3v) is 6.67. The monoisotopic (exact) mass is 376 g/mol. The van der Waals surface area contributed by atoms with E-state index < -0.39 is 9.84 Å². The predicted molar refractivity (Wildman–Crippen MR) is 98.3 cm³/mol. The number of likely N-dealkylation sites (tertiary alicyclic amines) is 1. The van der Waals surface area contributed by atoms with Gasteiger partial charge in [0.1, 0.15) is 0 Å². The van der Waals surface area contributed by atoms with Gasteiger partial charge in [-0.15, -0.1) is 0 Å². The first-order valence-electron chi connectivity index (χ1n) is 8.60. The predicted octanol–water partition coefficient (Wildman–Crippen LogP) is 2.45. The van der Waals surface area contributed by atoms with E-state index in [9.17, 15) is 13.2 Å². The van der Waals surface area contributed by atoms with E-state index in [2.05, 4.69) is 0 Å². The SMILES string of the molecule is CC1(C)CN(C(=O)c2occc2CS(=O)(=O)c2ccccc2)CCC1N. The van der Waals surface area contributed by atoms with Crippen LogP contribution in [0.3, 0.4) is 0 Å². The highest BCUT2D eigenvalue weighted by Crippen LogP contribution is 2.29. The zero-order valence-electron chi connectivity index (χ0n) is 15.0. The topological polar surface area (TPSA) is 93.6 Å². The quantitative estimate of drug-likeness (QED) is 0.885. The molecule has 0 radical (unpaired) electrons. The standard InChI is InChI=1S/C19H24N2O4S/c1-19(2)13-21(10-8-16(19)20)18(22)17-14(9-11-25-17)12-26(23,24)15-6-4-3-5-7-15/h3-7,9,11,16H,8,10,12-13,20H2,1-2H3. The number of nitrogens with two attached hydrogens (primary N) is 1. The van der Waals surface area contributed by atoms with Crippen LogP contribution in [-0.4, -0.2) is 38.4 Å². The lowest BCUT2D eigenvalue weighted by atomic mass is 9.79. The molecular weight excluding hydrogens is 352 g/mol. The van der Waals surface area contributed by atoms with Crippen molar-refractivity contribution in [1.29, 1.82) is 0 Å². The number of carbonyl (C=O) groups is 1. The van der Waals surface area contributed by atoms with Crippen molar-refractivity contribution in [3.8, 4) is 0 Å². The van der Waals surface area contributed by atoms with Crippen molar-refractivity contribution >= 4 is 15.7 Å². The Hall–Kier alpha value is -2.12. The van der Waals surface area contributed by atoms with E-state index in [1.807, 2.05) is 13.8 Å². The number of hydrogen-bond acceptors (Lipinski definition) is 5. The summed E-state index contributed by atoms with van der Waals surface area (Å²) < 4.78 is 30.6. The molecule has 0 saturated carbocycles. The molecule has 0 bridgehead atoms. The third-order valence-electron chi connectivity index (χ3n) is 4.99. The largest absolute Gasteiger partial charge is 0.459 e. The summed E-state index contributed by atoms with van der Waals surface area (Å²) in [6, 6.07) is 9.78. The van der Waals surface area contributed by atoms with Crippen LogP contribution in [0.15, 0.2) is 52.0 Å². The molecule has 1 atom stereocenters. The summed E-state index contributed by atoms with van der Waals surface area (Å²) in [6.45, 7) is 5.10. The van der Waals surface area contributed by atoms with E-state index in [1.165, 1.54) is 6.26 Å². The zero-order chi connectivity index (χ0) is 18.9. The van der Waals surface area contributed by atoms with Gasteiger partial charge in [0.25, 0.3) is 5.91 Å². The fourth-order valence-electron chi connectivity index (χ4n) is 3.24. The third kappa shape index (κ3) is 3.68. The van der Waals surface area contributed by atoms with Crippen LogP contribution in [0.2, 0.25) is 0 Å². The Kier molecular flexibility index (Phi) is 4.94. The molecule has 1 fully saturated rings. The van der Waals surface area contributed by atoms with Crippen LogP contribution in [0.4, 0.5) is 0 Å². The minimum atomic E-state index is -3.55. The molecule has 1 aliphatic rings. The van der Waals surface area contributed by atoms with Crippen LogP contribution < -0.4 is 5.73 Å². The van der Waals surface area contributed by atoms with Crippen LogP contribution in [0.5, 0.6) is 0 Å². The molecule has 1 aromatic carbocycles. The second-order valence-electron chi connectivity index (χ2n) is 7.46. The molecule has 140 valence electrons. The number of hydrogen-bond donors (Lipinski definition) is 1. The Morgan fingerprint density at radius 3 is 2.62 bits per heavy atom. The summed E-state index contributed by atoms with van der Waals surface area (Å²) in [5.74, 6) is -0.463. The molecule has 1 saturated heterocycles. The molecule has 1 aromatic heterocycles. The van der Waals surface area contributed by atoms with E-state index in [4.69, 9.17) is 10.2 Å². The van der Waals surface area contributed by atoms with Gasteiger partial charge in [-0.3, -0.25) is 4.79 Å². The second kappa shape index (κ2) is 6.89. The average molecular weight is 376 g/mol. The molecule has 2 N–H and O–H groups in total. The highest BCUT2D eigenvalue weighted by Gasteiger charge is 2.37. The van der Waals surface area contributed by atoms with Crippen molar-refractivity contribution in [3.05, 3.63) is 54.0 Å². The molecule has 2 aromatic rings.